The van der Waals surface area contributed by atoms with Gasteiger partial charge in [-0.15, -0.1) is 0 Å². The number of carboxylic acid groups (broad SMARTS) is 1. The molecule has 1 amide bonds. The third-order valence-corrected chi connectivity index (χ3v) is 6.13. The van der Waals surface area contributed by atoms with Crippen LogP contribution in [0.5, 0.6) is 0 Å². The van der Waals surface area contributed by atoms with E-state index >= 15 is 0 Å². The first-order chi connectivity index (χ1) is 13.6. The summed E-state index contributed by atoms with van der Waals surface area (Å²) in [5.41, 5.74) is 3.14. The van der Waals surface area contributed by atoms with Gasteiger partial charge in [0.1, 0.15) is 0 Å². The fraction of sp³-hybridized carbons (Fsp3) is 0.333. The number of anilines is 1. The van der Waals surface area contributed by atoms with Gasteiger partial charge >= 0.3 is 5.97 Å². The first-order valence-corrected chi connectivity index (χ1v) is 9.96. The van der Waals surface area contributed by atoms with Crippen LogP contribution in [0.15, 0.2) is 60.7 Å². The Kier molecular flexibility index (Phi) is 5.03. The lowest BCUT2D eigenvalue weighted by molar-refractivity contribution is 0.0696. The molecule has 1 heterocycles. The molecule has 2 aromatic rings. The van der Waals surface area contributed by atoms with Crippen LogP contribution in [0.1, 0.15) is 58.4 Å². The normalized spacial score (nSPS) is 21.6. The van der Waals surface area contributed by atoms with E-state index in [2.05, 4.69) is 24.3 Å². The molecule has 1 aliphatic heterocycles. The van der Waals surface area contributed by atoms with Crippen LogP contribution in [0.4, 0.5) is 5.69 Å². The number of hydrogen-bond donors (Lipinski definition) is 1. The molecule has 2 aromatic carbocycles. The van der Waals surface area contributed by atoms with E-state index in [4.69, 9.17) is 5.11 Å². The largest absolute Gasteiger partial charge is 0.478 e. The van der Waals surface area contributed by atoms with E-state index in [0.717, 1.165) is 31.4 Å². The molecule has 2 aliphatic rings. The van der Waals surface area contributed by atoms with Crippen molar-refractivity contribution in [3.8, 4) is 0 Å². The predicted octanol–water partition coefficient (Wildman–Crippen LogP) is 5.09. The predicted molar refractivity (Wildman–Crippen MR) is 110 cm³/mol. The summed E-state index contributed by atoms with van der Waals surface area (Å²) in [5.74, 6) is -1.05. The van der Waals surface area contributed by atoms with Crippen molar-refractivity contribution in [2.45, 2.75) is 38.5 Å². The lowest BCUT2D eigenvalue weighted by atomic mass is 9.74. The molecule has 144 valence electrons. The van der Waals surface area contributed by atoms with E-state index in [9.17, 15) is 9.59 Å². The molecule has 0 saturated heterocycles. The van der Waals surface area contributed by atoms with Crippen molar-refractivity contribution in [2.75, 3.05) is 11.4 Å². The zero-order valence-corrected chi connectivity index (χ0v) is 15.9. The molecule has 1 unspecified atom stereocenters. The van der Waals surface area contributed by atoms with Gasteiger partial charge in [0.25, 0.3) is 5.91 Å². The highest BCUT2D eigenvalue weighted by Gasteiger charge is 2.35. The zero-order chi connectivity index (χ0) is 19.6. The van der Waals surface area contributed by atoms with Gasteiger partial charge in [-0.2, -0.15) is 0 Å². The smallest absolute Gasteiger partial charge is 0.335 e. The average Bonchev–Trinajstić information content (AvgIpc) is 3.03. The Morgan fingerprint density at radius 1 is 0.929 bits per heavy atom. The summed E-state index contributed by atoms with van der Waals surface area (Å²) in [6.07, 6.45) is 11.2. The minimum atomic E-state index is -0.984. The number of para-hydroxylation sites is 1. The van der Waals surface area contributed by atoms with E-state index in [0.29, 0.717) is 12.1 Å². The van der Waals surface area contributed by atoms with E-state index < -0.39 is 5.97 Å². The number of benzene rings is 2. The van der Waals surface area contributed by atoms with E-state index in [-0.39, 0.29) is 16.9 Å². The zero-order valence-electron chi connectivity index (χ0n) is 15.9. The van der Waals surface area contributed by atoms with Crippen molar-refractivity contribution in [1.29, 1.82) is 0 Å². The van der Waals surface area contributed by atoms with Gasteiger partial charge in [-0.25, -0.2) is 4.79 Å². The molecule has 0 saturated carbocycles. The van der Waals surface area contributed by atoms with Crippen LogP contribution >= 0.6 is 0 Å². The number of amides is 1. The summed E-state index contributed by atoms with van der Waals surface area (Å²) in [6.45, 7) is 0.685. The SMILES string of the molecule is O=C(O)c1ccc(C(=O)N2CCC3(CC=CCCC3)Cc3ccccc32)cc1. The summed E-state index contributed by atoms with van der Waals surface area (Å²) in [6, 6.07) is 14.4. The van der Waals surface area contributed by atoms with Crippen molar-refractivity contribution in [2.24, 2.45) is 5.41 Å². The molecule has 4 heteroatoms. The summed E-state index contributed by atoms with van der Waals surface area (Å²) < 4.78 is 0. The highest BCUT2D eigenvalue weighted by Crippen LogP contribution is 2.43. The molecule has 0 radical (unpaired) electrons. The van der Waals surface area contributed by atoms with Crippen LogP contribution < -0.4 is 4.90 Å². The Labute approximate surface area is 165 Å². The molecular formula is C24H25NO3. The van der Waals surface area contributed by atoms with Crippen LogP contribution in [0, 0.1) is 5.41 Å². The van der Waals surface area contributed by atoms with Crippen LogP contribution in [-0.2, 0) is 6.42 Å². The first-order valence-electron chi connectivity index (χ1n) is 9.96. The highest BCUT2D eigenvalue weighted by molar-refractivity contribution is 6.07. The van der Waals surface area contributed by atoms with Gasteiger partial charge in [-0.1, -0.05) is 30.4 Å². The molecule has 4 rings (SSSR count). The third kappa shape index (κ3) is 3.59. The number of aromatic carboxylic acids is 1. The number of allylic oxidation sites excluding steroid dienone is 2. The number of carboxylic acids is 1. The van der Waals surface area contributed by atoms with Crippen LogP contribution in [0.25, 0.3) is 0 Å². The van der Waals surface area contributed by atoms with Crippen molar-refractivity contribution >= 4 is 17.6 Å². The van der Waals surface area contributed by atoms with E-state index in [1.165, 1.54) is 30.5 Å². The Hall–Kier alpha value is -2.88. The van der Waals surface area contributed by atoms with Gasteiger partial charge < -0.3 is 10.0 Å². The molecule has 0 bridgehead atoms. The second-order valence-electron chi connectivity index (χ2n) is 7.96. The Morgan fingerprint density at radius 2 is 1.68 bits per heavy atom. The Balaban J connectivity index is 1.67. The van der Waals surface area contributed by atoms with Crippen molar-refractivity contribution in [3.63, 3.8) is 0 Å². The fourth-order valence-electron chi connectivity index (χ4n) is 4.54. The molecular weight excluding hydrogens is 350 g/mol. The van der Waals surface area contributed by atoms with Gasteiger partial charge in [-0.3, -0.25) is 4.79 Å². The monoisotopic (exact) mass is 375 g/mol. The topological polar surface area (TPSA) is 57.6 Å². The second kappa shape index (κ2) is 7.63. The number of carbonyl (C=O) groups is 2. The van der Waals surface area contributed by atoms with Gasteiger partial charge in [0.15, 0.2) is 0 Å². The molecule has 28 heavy (non-hydrogen) atoms. The van der Waals surface area contributed by atoms with Crippen molar-refractivity contribution in [3.05, 3.63) is 77.4 Å². The molecule has 4 nitrogen and oxygen atoms in total. The highest BCUT2D eigenvalue weighted by atomic mass is 16.4. The number of hydrogen-bond acceptors (Lipinski definition) is 2. The molecule has 1 N–H and O–H groups in total. The van der Waals surface area contributed by atoms with E-state index in [1.54, 1.807) is 12.1 Å². The minimum Gasteiger partial charge on any atom is -0.478 e. The molecule has 1 aliphatic carbocycles. The van der Waals surface area contributed by atoms with Gasteiger partial charge in [0.2, 0.25) is 0 Å². The van der Waals surface area contributed by atoms with Crippen LogP contribution in [0.2, 0.25) is 0 Å². The summed E-state index contributed by atoms with van der Waals surface area (Å²) in [5, 5.41) is 9.09. The molecule has 1 spiro atoms. The summed E-state index contributed by atoms with van der Waals surface area (Å²) in [4.78, 5) is 26.3. The standard InChI is InChI=1S/C24H25NO3/c26-22(18-9-11-19(12-10-18)23(27)28)25-16-15-24(13-5-1-2-6-14-24)17-20-7-3-4-8-21(20)25/h1,3-5,7-12H,2,6,13-17H2,(H,27,28). The van der Waals surface area contributed by atoms with Crippen LogP contribution in [-0.4, -0.2) is 23.5 Å². The van der Waals surface area contributed by atoms with Gasteiger partial charge in [0.05, 0.1) is 5.56 Å². The minimum absolute atomic E-state index is 0.0643. The number of rotatable bonds is 2. The maximum atomic E-state index is 13.3. The number of fused-ring (bicyclic) bond motifs is 1. The lowest BCUT2D eigenvalue weighted by Gasteiger charge is -2.31. The summed E-state index contributed by atoms with van der Waals surface area (Å²) >= 11 is 0. The molecule has 1 atom stereocenters. The maximum absolute atomic E-state index is 13.3. The Morgan fingerprint density at radius 3 is 2.46 bits per heavy atom. The summed E-state index contributed by atoms with van der Waals surface area (Å²) in [7, 11) is 0. The fourth-order valence-corrected chi connectivity index (χ4v) is 4.54. The maximum Gasteiger partial charge on any atom is 0.335 e. The quantitative estimate of drug-likeness (QED) is 0.744. The van der Waals surface area contributed by atoms with E-state index in [1.807, 2.05) is 17.0 Å². The first kappa shape index (κ1) is 18.5. The van der Waals surface area contributed by atoms with Gasteiger partial charge in [0, 0.05) is 17.8 Å². The van der Waals surface area contributed by atoms with Gasteiger partial charge in [-0.05, 0) is 79.8 Å². The average molecular weight is 375 g/mol. The molecule has 0 aromatic heterocycles. The lowest BCUT2D eigenvalue weighted by Crippen LogP contribution is -2.33. The number of carbonyl (C=O) groups excluding carboxylic acids is 1. The third-order valence-electron chi connectivity index (χ3n) is 6.13. The van der Waals surface area contributed by atoms with Crippen molar-refractivity contribution in [1.82, 2.24) is 0 Å². The van der Waals surface area contributed by atoms with Crippen molar-refractivity contribution < 1.29 is 14.7 Å². The second-order valence-corrected chi connectivity index (χ2v) is 7.96. The molecule has 0 fully saturated rings. The Bertz CT molecular complexity index is 916. The number of nitrogens with zero attached hydrogens (tertiary/aromatic N) is 1. The van der Waals surface area contributed by atoms with Crippen LogP contribution in [0.3, 0.4) is 0 Å².